The van der Waals surface area contributed by atoms with Gasteiger partial charge in [-0.05, 0) is 69.7 Å². The molecule has 0 radical (unpaired) electrons. The molecule has 0 spiro atoms. The number of H-pyrrole nitrogens is 1. The van der Waals surface area contributed by atoms with Gasteiger partial charge in [-0.3, -0.25) is 9.59 Å². The highest BCUT2D eigenvalue weighted by molar-refractivity contribution is 5.94. The van der Waals surface area contributed by atoms with E-state index in [1.807, 2.05) is 32.2 Å². The van der Waals surface area contributed by atoms with Crippen molar-refractivity contribution in [2.45, 2.75) is 70.6 Å². The molecule has 0 bridgehead atoms. The van der Waals surface area contributed by atoms with Crippen LogP contribution in [-0.4, -0.2) is 71.0 Å². The van der Waals surface area contributed by atoms with Gasteiger partial charge in [-0.1, -0.05) is 18.2 Å². The molecular weight excluding hydrogens is 495 g/mol. The summed E-state index contributed by atoms with van der Waals surface area (Å²) in [5, 5.41) is 4.43. The molecule has 1 aromatic heterocycles. The van der Waals surface area contributed by atoms with Crippen LogP contribution in [0.3, 0.4) is 0 Å². The Bertz CT molecular complexity index is 1290. The van der Waals surface area contributed by atoms with Crippen molar-refractivity contribution in [1.82, 2.24) is 20.1 Å². The maximum absolute atomic E-state index is 14.6. The Balaban J connectivity index is 1.04. The maximum Gasteiger partial charge on any atom is 0.256 e. The summed E-state index contributed by atoms with van der Waals surface area (Å²) < 4.78 is 20.1. The van der Waals surface area contributed by atoms with Gasteiger partial charge >= 0.3 is 0 Å². The standard InChI is InChI=1S/C31H39FN4O3/c1-21(2)39-25-8-9-27(28(32)19-25)31(38)36-17-13-24(14-18-36)35-15-11-23(12-16-35)34-30(37)10-7-22-20-33-29-6-4-3-5-26(22)29/h3-6,8-9,19-21,23-24,33H,7,10-18H2,1-2H3,(H,34,37). The van der Waals surface area contributed by atoms with Crippen LogP contribution in [0.1, 0.15) is 61.9 Å². The summed E-state index contributed by atoms with van der Waals surface area (Å²) in [5.41, 5.74) is 2.39. The number of para-hydroxylation sites is 1. The van der Waals surface area contributed by atoms with Crippen molar-refractivity contribution in [2.24, 2.45) is 0 Å². The molecule has 3 heterocycles. The molecule has 2 N–H and O–H groups in total. The maximum atomic E-state index is 14.6. The van der Waals surface area contributed by atoms with Crippen molar-refractivity contribution in [3.05, 3.63) is 65.6 Å². The number of hydrogen-bond acceptors (Lipinski definition) is 4. The summed E-state index contributed by atoms with van der Waals surface area (Å²) in [5.74, 6) is -0.241. The molecule has 39 heavy (non-hydrogen) atoms. The van der Waals surface area contributed by atoms with E-state index in [0.29, 0.717) is 31.3 Å². The van der Waals surface area contributed by atoms with Crippen LogP contribution in [0.5, 0.6) is 5.75 Å². The fourth-order valence-corrected chi connectivity index (χ4v) is 5.91. The number of piperidine rings is 2. The minimum Gasteiger partial charge on any atom is -0.491 e. The highest BCUT2D eigenvalue weighted by atomic mass is 19.1. The number of aryl methyl sites for hydroxylation is 1. The second-order valence-corrected chi connectivity index (χ2v) is 11.1. The predicted octanol–water partition coefficient (Wildman–Crippen LogP) is 4.91. The minimum absolute atomic E-state index is 0.0534. The molecule has 3 aromatic rings. The molecule has 2 aromatic carbocycles. The first-order valence-electron chi connectivity index (χ1n) is 14.2. The molecule has 5 rings (SSSR count). The fraction of sp³-hybridized carbons (Fsp3) is 0.484. The van der Waals surface area contributed by atoms with Gasteiger partial charge in [0.05, 0.1) is 11.7 Å². The molecule has 2 saturated heterocycles. The largest absolute Gasteiger partial charge is 0.491 e. The molecule has 0 atom stereocenters. The predicted molar refractivity (Wildman–Crippen MR) is 150 cm³/mol. The third kappa shape index (κ3) is 6.61. The van der Waals surface area contributed by atoms with E-state index in [2.05, 4.69) is 27.3 Å². The van der Waals surface area contributed by atoms with Crippen molar-refractivity contribution in [3.8, 4) is 5.75 Å². The highest BCUT2D eigenvalue weighted by Gasteiger charge is 2.31. The lowest BCUT2D eigenvalue weighted by Crippen LogP contribution is -2.51. The van der Waals surface area contributed by atoms with E-state index in [1.54, 1.807) is 11.0 Å². The number of halogens is 1. The lowest BCUT2D eigenvalue weighted by molar-refractivity contribution is -0.122. The van der Waals surface area contributed by atoms with Crippen LogP contribution >= 0.6 is 0 Å². The molecule has 7 nitrogen and oxygen atoms in total. The Morgan fingerprint density at radius 3 is 2.51 bits per heavy atom. The first kappa shape index (κ1) is 27.2. The minimum atomic E-state index is -0.536. The number of aromatic nitrogens is 1. The van der Waals surface area contributed by atoms with Crippen LogP contribution in [0.4, 0.5) is 4.39 Å². The van der Waals surface area contributed by atoms with Crippen molar-refractivity contribution in [1.29, 1.82) is 0 Å². The number of amides is 2. The number of nitrogens with zero attached hydrogens (tertiary/aromatic N) is 2. The number of aromatic amines is 1. The average Bonchev–Trinajstić information content (AvgIpc) is 3.35. The summed E-state index contributed by atoms with van der Waals surface area (Å²) in [6, 6.07) is 13.3. The Hall–Kier alpha value is -3.39. The number of ether oxygens (including phenoxy) is 1. The third-order valence-electron chi connectivity index (χ3n) is 8.00. The number of benzene rings is 2. The van der Waals surface area contributed by atoms with Crippen LogP contribution in [-0.2, 0) is 11.2 Å². The lowest BCUT2D eigenvalue weighted by atomic mass is 9.97. The number of likely N-dealkylation sites (tertiary alicyclic amines) is 2. The Kier molecular flexibility index (Phi) is 8.50. The van der Waals surface area contributed by atoms with Gasteiger partial charge in [-0.25, -0.2) is 4.39 Å². The number of carbonyl (C=O) groups excluding carboxylic acids is 2. The van der Waals surface area contributed by atoms with Gasteiger partial charge in [0.15, 0.2) is 0 Å². The monoisotopic (exact) mass is 534 g/mol. The normalized spacial score (nSPS) is 17.6. The summed E-state index contributed by atoms with van der Waals surface area (Å²) in [6.45, 7) is 6.89. The van der Waals surface area contributed by atoms with Crippen molar-refractivity contribution in [2.75, 3.05) is 26.2 Å². The molecule has 8 heteroatoms. The van der Waals surface area contributed by atoms with Crippen molar-refractivity contribution in [3.63, 3.8) is 0 Å². The van der Waals surface area contributed by atoms with Crippen LogP contribution in [0, 0.1) is 5.82 Å². The van der Waals surface area contributed by atoms with E-state index >= 15 is 0 Å². The van der Waals surface area contributed by atoms with Gasteiger partial charge in [-0.2, -0.15) is 0 Å². The molecular formula is C31H39FN4O3. The quantitative estimate of drug-likeness (QED) is 0.431. The second kappa shape index (κ2) is 12.2. The van der Waals surface area contributed by atoms with E-state index in [-0.39, 0.29) is 29.5 Å². The number of fused-ring (bicyclic) bond motifs is 1. The molecule has 2 fully saturated rings. The first-order chi connectivity index (χ1) is 18.9. The average molecular weight is 535 g/mol. The summed E-state index contributed by atoms with van der Waals surface area (Å²) >= 11 is 0. The smallest absolute Gasteiger partial charge is 0.256 e. The summed E-state index contributed by atoms with van der Waals surface area (Å²) in [6.07, 6.45) is 6.80. The van der Waals surface area contributed by atoms with Gasteiger partial charge in [0, 0.05) is 67.8 Å². The van der Waals surface area contributed by atoms with Gasteiger partial charge < -0.3 is 24.8 Å². The summed E-state index contributed by atoms with van der Waals surface area (Å²) in [4.78, 5) is 33.1. The van der Waals surface area contributed by atoms with Crippen LogP contribution in [0.15, 0.2) is 48.7 Å². The number of nitrogens with one attached hydrogen (secondary N) is 2. The van der Waals surface area contributed by atoms with Crippen LogP contribution < -0.4 is 10.1 Å². The van der Waals surface area contributed by atoms with E-state index < -0.39 is 5.82 Å². The first-order valence-corrected chi connectivity index (χ1v) is 14.2. The molecule has 0 aliphatic carbocycles. The van der Waals surface area contributed by atoms with Gasteiger partial charge in [0.2, 0.25) is 5.91 Å². The number of rotatable bonds is 8. The Labute approximate surface area is 229 Å². The van der Waals surface area contributed by atoms with Gasteiger partial charge in [0.1, 0.15) is 11.6 Å². The number of carbonyl (C=O) groups is 2. The van der Waals surface area contributed by atoms with Crippen molar-refractivity contribution < 1.29 is 18.7 Å². The molecule has 2 aliphatic rings. The molecule has 2 amide bonds. The third-order valence-corrected chi connectivity index (χ3v) is 8.00. The molecule has 2 aliphatic heterocycles. The zero-order valence-electron chi connectivity index (χ0n) is 22.9. The van der Waals surface area contributed by atoms with E-state index in [1.165, 1.54) is 23.1 Å². The second-order valence-electron chi connectivity index (χ2n) is 11.1. The van der Waals surface area contributed by atoms with E-state index in [9.17, 15) is 14.0 Å². The lowest BCUT2D eigenvalue weighted by Gasteiger charge is -2.42. The SMILES string of the molecule is CC(C)Oc1ccc(C(=O)N2CCC(N3CCC(NC(=O)CCc4c[nH]c5ccccc45)CC3)CC2)c(F)c1. The fourth-order valence-electron chi connectivity index (χ4n) is 5.91. The topological polar surface area (TPSA) is 77.7 Å². The van der Waals surface area contributed by atoms with Gasteiger partial charge in [0.25, 0.3) is 5.91 Å². The zero-order valence-corrected chi connectivity index (χ0v) is 22.9. The Morgan fingerprint density at radius 2 is 1.79 bits per heavy atom. The van der Waals surface area contributed by atoms with Gasteiger partial charge in [-0.15, -0.1) is 0 Å². The highest BCUT2D eigenvalue weighted by Crippen LogP contribution is 2.25. The molecule has 0 saturated carbocycles. The summed E-state index contributed by atoms with van der Waals surface area (Å²) in [7, 11) is 0. The molecule has 208 valence electrons. The van der Waals surface area contributed by atoms with Crippen molar-refractivity contribution >= 4 is 22.7 Å². The van der Waals surface area contributed by atoms with E-state index in [4.69, 9.17) is 4.74 Å². The van der Waals surface area contributed by atoms with Crippen LogP contribution in [0.25, 0.3) is 10.9 Å². The molecule has 0 unspecified atom stereocenters. The number of hydrogen-bond donors (Lipinski definition) is 2. The van der Waals surface area contributed by atoms with E-state index in [0.717, 1.165) is 50.7 Å². The Morgan fingerprint density at radius 1 is 1.05 bits per heavy atom. The van der Waals surface area contributed by atoms with Crippen LogP contribution in [0.2, 0.25) is 0 Å². The zero-order chi connectivity index (χ0) is 27.4.